The Balaban J connectivity index is 0.00000242. The number of aliphatic imine (C=N–C) groups is 1. The zero-order valence-corrected chi connectivity index (χ0v) is 15.4. The zero-order valence-electron chi connectivity index (χ0n) is 13.0. The van der Waals surface area contributed by atoms with E-state index < -0.39 is 0 Å². The Kier molecular flexibility index (Phi) is 8.64. The lowest BCUT2D eigenvalue weighted by atomic mass is 10.2. The van der Waals surface area contributed by atoms with Crippen molar-refractivity contribution in [3.8, 4) is 0 Å². The molecule has 2 rings (SSSR count). The van der Waals surface area contributed by atoms with E-state index in [2.05, 4.69) is 27.6 Å². The van der Waals surface area contributed by atoms with E-state index in [4.69, 9.17) is 4.42 Å². The van der Waals surface area contributed by atoms with Gasteiger partial charge in [-0.15, -0.1) is 24.0 Å². The normalized spacial score (nSPS) is 12.5. The summed E-state index contributed by atoms with van der Waals surface area (Å²) in [6, 6.07) is 5.82. The van der Waals surface area contributed by atoms with E-state index in [1.165, 1.54) is 0 Å². The van der Waals surface area contributed by atoms with Crippen molar-refractivity contribution in [2.45, 2.75) is 19.9 Å². The van der Waals surface area contributed by atoms with Gasteiger partial charge in [0.15, 0.2) is 5.96 Å². The molecule has 0 aromatic carbocycles. The Morgan fingerprint density at radius 1 is 1.41 bits per heavy atom. The van der Waals surface area contributed by atoms with E-state index in [9.17, 15) is 0 Å². The maximum atomic E-state index is 5.30. The molecule has 22 heavy (non-hydrogen) atoms. The highest BCUT2D eigenvalue weighted by Gasteiger charge is 2.05. The minimum atomic E-state index is 0. The Hall–Kier alpha value is -1.51. The van der Waals surface area contributed by atoms with Gasteiger partial charge in [0.05, 0.1) is 6.26 Å². The molecule has 0 bridgehead atoms. The number of nitrogens with zero attached hydrogens (tertiary/aromatic N) is 3. The van der Waals surface area contributed by atoms with Crippen LogP contribution in [0, 0.1) is 5.92 Å². The lowest BCUT2D eigenvalue weighted by Gasteiger charge is -2.16. The molecule has 0 amide bonds. The van der Waals surface area contributed by atoms with Crippen molar-refractivity contribution in [1.82, 2.24) is 20.4 Å². The number of hydrogen-bond acceptors (Lipinski definition) is 3. The highest BCUT2D eigenvalue weighted by atomic mass is 127. The second kappa shape index (κ2) is 10.3. The third-order valence-corrected chi connectivity index (χ3v) is 3.14. The van der Waals surface area contributed by atoms with Crippen LogP contribution in [0.4, 0.5) is 0 Å². The first-order valence-corrected chi connectivity index (χ1v) is 7.22. The standard InChI is InChI=1S/C15H23N5O.HI/c1-13(12-20-9-4-7-19-20)11-18-15(16-2)17-8-6-14-5-3-10-21-14;/h3-5,7,9-10,13H,6,8,11-12H2,1-2H3,(H2,16,17,18);1H. The van der Waals surface area contributed by atoms with Gasteiger partial charge >= 0.3 is 0 Å². The predicted octanol–water partition coefficient (Wildman–Crippen LogP) is 2.14. The Morgan fingerprint density at radius 3 is 2.91 bits per heavy atom. The lowest BCUT2D eigenvalue weighted by molar-refractivity contribution is 0.443. The third-order valence-electron chi connectivity index (χ3n) is 3.14. The van der Waals surface area contributed by atoms with Crippen LogP contribution >= 0.6 is 24.0 Å². The molecule has 0 saturated carbocycles. The SMILES string of the molecule is CN=C(NCCc1ccco1)NCC(C)Cn1cccn1.I. The molecule has 0 fully saturated rings. The molecule has 6 nitrogen and oxygen atoms in total. The predicted molar refractivity (Wildman–Crippen MR) is 98.6 cm³/mol. The average molecular weight is 417 g/mol. The fourth-order valence-corrected chi connectivity index (χ4v) is 2.04. The summed E-state index contributed by atoms with van der Waals surface area (Å²) >= 11 is 0. The van der Waals surface area contributed by atoms with Gasteiger partial charge in [0, 0.05) is 45.5 Å². The zero-order chi connectivity index (χ0) is 14.9. The Labute approximate surface area is 148 Å². The van der Waals surface area contributed by atoms with E-state index >= 15 is 0 Å². The van der Waals surface area contributed by atoms with E-state index in [1.807, 2.05) is 29.1 Å². The molecule has 1 atom stereocenters. The number of aromatic nitrogens is 2. The summed E-state index contributed by atoms with van der Waals surface area (Å²) in [5, 5.41) is 10.8. The number of halogens is 1. The molecule has 0 spiro atoms. The highest BCUT2D eigenvalue weighted by Crippen LogP contribution is 2.00. The molecule has 0 radical (unpaired) electrons. The first-order valence-electron chi connectivity index (χ1n) is 7.22. The van der Waals surface area contributed by atoms with Crippen molar-refractivity contribution in [2.24, 2.45) is 10.9 Å². The number of nitrogens with one attached hydrogen (secondary N) is 2. The molecule has 0 aliphatic heterocycles. The van der Waals surface area contributed by atoms with Crippen molar-refractivity contribution in [3.63, 3.8) is 0 Å². The molecule has 0 aliphatic carbocycles. The van der Waals surface area contributed by atoms with E-state index in [1.54, 1.807) is 19.5 Å². The maximum Gasteiger partial charge on any atom is 0.191 e. The van der Waals surface area contributed by atoms with Crippen molar-refractivity contribution in [3.05, 3.63) is 42.6 Å². The van der Waals surface area contributed by atoms with Gasteiger partial charge in [-0.25, -0.2) is 0 Å². The smallest absolute Gasteiger partial charge is 0.191 e. The van der Waals surface area contributed by atoms with Crippen molar-refractivity contribution in [2.75, 3.05) is 20.1 Å². The Bertz CT molecular complexity index is 524. The minimum Gasteiger partial charge on any atom is -0.469 e. The summed E-state index contributed by atoms with van der Waals surface area (Å²) in [5.41, 5.74) is 0. The van der Waals surface area contributed by atoms with Crippen LogP contribution in [0.25, 0.3) is 0 Å². The van der Waals surface area contributed by atoms with Gasteiger partial charge in [0.1, 0.15) is 5.76 Å². The summed E-state index contributed by atoms with van der Waals surface area (Å²) < 4.78 is 7.24. The fraction of sp³-hybridized carbons (Fsp3) is 0.467. The summed E-state index contributed by atoms with van der Waals surface area (Å²) in [4.78, 5) is 4.22. The second-order valence-corrected chi connectivity index (χ2v) is 5.04. The molecule has 2 aromatic heterocycles. The molecule has 2 heterocycles. The van der Waals surface area contributed by atoms with Crippen LogP contribution in [0.15, 0.2) is 46.3 Å². The quantitative estimate of drug-likeness (QED) is 0.412. The maximum absolute atomic E-state index is 5.30. The van der Waals surface area contributed by atoms with Crippen LogP contribution < -0.4 is 10.6 Å². The van der Waals surface area contributed by atoms with Gasteiger partial charge in [-0.3, -0.25) is 9.67 Å². The first kappa shape index (κ1) is 18.5. The van der Waals surface area contributed by atoms with Crippen molar-refractivity contribution >= 4 is 29.9 Å². The summed E-state index contributed by atoms with van der Waals surface area (Å²) in [7, 11) is 1.78. The highest BCUT2D eigenvalue weighted by molar-refractivity contribution is 14.0. The van der Waals surface area contributed by atoms with E-state index in [0.717, 1.165) is 37.8 Å². The molecule has 1 unspecified atom stereocenters. The molecule has 2 N–H and O–H groups in total. The fourth-order valence-electron chi connectivity index (χ4n) is 2.04. The number of furan rings is 1. The largest absolute Gasteiger partial charge is 0.469 e. The van der Waals surface area contributed by atoms with Crippen LogP contribution in [-0.2, 0) is 13.0 Å². The van der Waals surface area contributed by atoms with Gasteiger partial charge in [-0.2, -0.15) is 5.10 Å². The van der Waals surface area contributed by atoms with Gasteiger partial charge in [-0.1, -0.05) is 6.92 Å². The topological polar surface area (TPSA) is 67.4 Å². The van der Waals surface area contributed by atoms with E-state index in [0.29, 0.717) is 5.92 Å². The van der Waals surface area contributed by atoms with Crippen molar-refractivity contribution < 1.29 is 4.42 Å². The van der Waals surface area contributed by atoms with Crippen LogP contribution in [0.3, 0.4) is 0 Å². The average Bonchev–Trinajstić information content (AvgIpc) is 3.16. The van der Waals surface area contributed by atoms with E-state index in [-0.39, 0.29) is 24.0 Å². The molecule has 0 saturated heterocycles. The number of hydrogen-bond donors (Lipinski definition) is 2. The van der Waals surface area contributed by atoms with Crippen LogP contribution in [0.1, 0.15) is 12.7 Å². The first-order chi connectivity index (χ1) is 10.3. The van der Waals surface area contributed by atoms with Gasteiger partial charge in [0.2, 0.25) is 0 Å². The van der Waals surface area contributed by atoms with Gasteiger partial charge in [-0.05, 0) is 24.1 Å². The molecule has 2 aromatic rings. The van der Waals surface area contributed by atoms with Gasteiger partial charge in [0.25, 0.3) is 0 Å². The van der Waals surface area contributed by atoms with Crippen molar-refractivity contribution in [1.29, 1.82) is 0 Å². The molecular weight excluding hydrogens is 393 g/mol. The number of guanidine groups is 1. The molecular formula is C15H24IN5O. The minimum absolute atomic E-state index is 0. The monoisotopic (exact) mass is 417 g/mol. The summed E-state index contributed by atoms with van der Waals surface area (Å²) in [6.07, 6.45) is 6.32. The molecule has 122 valence electrons. The van der Waals surface area contributed by atoms with Gasteiger partial charge < -0.3 is 15.1 Å². The summed E-state index contributed by atoms with van der Waals surface area (Å²) in [5.74, 6) is 2.26. The lowest BCUT2D eigenvalue weighted by Crippen LogP contribution is -2.40. The molecule has 0 aliphatic rings. The van der Waals surface area contributed by atoms with Crippen LogP contribution in [-0.4, -0.2) is 35.9 Å². The second-order valence-electron chi connectivity index (χ2n) is 5.04. The Morgan fingerprint density at radius 2 is 2.27 bits per heavy atom. The molecule has 7 heteroatoms. The van der Waals surface area contributed by atoms with Crippen LogP contribution in [0.2, 0.25) is 0 Å². The third kappa shape index (κ3) is 6.50. The van der Waals surface area contributed by atoms with Crippen LogP contribution in [0.5, 0.6) is 0 Å². The number of rotatable bonds is 7. The summed E-state index contributed by atoms with van der Waals surface area (Å²) in [6.45, 7) is 4.72.